The first-order chi connectivity index (χ1) is 10.3. The SMILES string of the molecule is COc1ccc(N2NC(C(F)(F)F)=CC2COC(C)=O)cc1. The highest BCUT2D eigenvalue weighted by molar-refractivity contribution is 5.66. The van der Waals surface area contributed by atoms with E-state index in [1.807, 2.05) is 0 Å². The molecule has 8 heteroatoms. The number of anilines is 1. The monoisotopic (exact) mass is 316 g/mol. The van der Waals surface area contributed by atoms with E-state index in [0.29, 0.717) is 11.4 Å². The van der Waals surface area contributed by atoms with Gasteiger partial charge in [-0.25, -0.2) is 0 Å². The molecule has 0 spiro atoms. The highest BCUT2D eigenvalue weighted by atomic mass is 19.4. The van der Waals surface area contributed by atoms with E-state index in [0.717, 1.165) is 6.08 Å². The number of ether oxygens (including phenoxy) is 2. The first-order valence-electron chi connectivity index (χ1n) is 6.43. The van der Waals surface area contributed by atoms with Gasteiger partial charge in [-0.3, -0.25) is 15.2 Å². The van der Waals surface area contributed by atoms with E-state index in [4.69, 9.17) is 9.47 Å². The van der Waals surface area contributed by atoms with Crippen LogP contribution in [-0.2, 0) is 9.53 Å². The van der Waals surface area contributed by atoms with E-state index in [1.165, 1.54) is 19.0 Å². The molecule has 120 valence electrons. The molecule has 22 heavy (non-hydrogen) atoms. The largest absolute Gasteiger partial charge is 0.497 e. The smallest absolute Gasteiger partial charge is 0.432 e. The summed E-state index contributed by atoms with van der Waals surface area (Å²) in [6.07, 6.45) is -3.51. The number of carbonyl (C=O) groups is 1. The van der Waals surface area contributed by atoms with Crippen molar-refractivity contribution in [3.63, 3.8) is 0 Å². The van der Waals surface area contributed by atoms with Crippen molar-refractivity contribution in [2.24, 2.45) is 0 Å². The lowest BCUT2D eigenvalue weighted by molar-refractivity contribution is -0.141. The summed E-state index contributed by atoms with van der Waals surface area (Å²) in [5.74, 6) is 0.0343. The number of nitrogens with one attached hydrogen (secondary N) is 1. The maximum atomic E-state index is 12.9. The van der Waals surface area contributed by atoms with Gasteiger partial charge in [0, 0.05) is 6.92 Å². The lowest BCUT2D eigenvalue weighted by Crippen LogP contribution is -2.43. The number of hydrazine groups is 1. The summed E-state index contributed by atoms with van der Waals surface area (Å²) in [6, 6.07) is 5.73. The first-order valence-corrected chi connectivity index (χ1v) is 6.43. The maximum absolute atomic E-state index is 12.9. The Bertz CT molecular complexity index is 570. The van der Waals surface area contributed by atoms with Crippen LogP contribution in [-0.4, -0.2) is 31.9 Å². The number of methoxy groups -OCH3 is 1. The van der Waals surface area contributed by atoms with Crippen molar-refractivity contribution in [1.82, 2.24) is 5.43 Å². The van der Waals surface area contributed by atoms with Gasteiger partial charge in [-0.2, -0.15) is 13.2 Å². The molecule has 0 amide bonds. The summed E-state index contributed by atoms with van der Waals surface area (Å²) in [7, 11) is 1.50. The maximum Gasteiger partial charge on any atom is 0.432 e. The fourth-order valence-corrected chi connectivity index (χ4v) is 2.00. The fraction of sp³-hybridized carbons (Fsp3) is 0.357. The highest BCUT2D eigenvalue weighted by Crippen LogP contribution is 2.31. The Hall–Kier alpha value is -2.38. The van der Waals surface area contributed by atoms with E-state index in [-0.39, 0.29) is 6.61 Å². The van der Waals surface area contributed by atoms with Crippen molar-refractivity contribution in [2.75, 3.05) is 18.7 Å². The van der Waals surface area contributed by atoms with Crippen LogP contribution in [0.4, 0.5) is 18.9 Å². The van der Waals surface area contributed by atoms with Crippen molar-refractivity contribution in [1.29, 1.82) is 0 Å². The minimum absolute atomic E-state index is 0.187. The van der Waals surface area contributed by atoms with Crippen molar-refractivity contribution in [3.8, 4) is 5.75 Å². The minimum atomic E-state index is -4.50. The first kappa shape index (κ1) is 16.0. The van der Waals surface area contributed by atoms with Crippen LogP contribution in [0.1, 0.15) is 6.92 Å². The Morgan fingerprint density at radius 1 is 1.32 bits per heavy atom. The number of nitrogens with zero attached hydrogens (tertiary/aromatic N) is 1. The highest BCUT2D eigenvalue weighted by Gasteiger charge is 2.41. The molecule has 1 unspecified atom stereocenters. The number of alkyl halides is 3. The lowest BCUT2D eigenvalue weighted by Gasteiger charge is -2.27. The summed E-state index contributed by atoms with van der Waals surface area (Å²) in [4.78, 5) is 10.9. The zero-order chi connectivity index (χ0) is 16.3. The van der Waals surface area contributed by atoms with Gasteiger partial charge in [-0.15, -0.1) is 0 Å². The molecule has 0 saturated heterocycles. The summed E-state index contributed by atoms with van der Waals surface area (Å²) in [5.41, 5.74) is 1.90. The Balaban J connectivity index is 2.21. The van der Waals surface area contributed by atoms with Crippen LogP contribution in [0, 0.1) is 0 Å². The predicted molar refractivity (Wildman–Crippen MR) is 73.2 cm³/mol. The molecule has 0 fully saturated rings. The van der Waals surface area contributed by atoms with Crippen molar-refractivity contribution < 1.29 is 27.4 Å². The van der Waals surface area contributed by atoms with Gasteiger partial charge in [0.2, 0.25) is 0 Å². The molecule has 1 atom stereocenters. The van der Waals surface area contributed by atoms with Crippen LogP contribution < -0.4 is 15.2 Å². The molecular weight excluding hydrogens is 301 g/mol. The molecule has 1 aromatic carbocycles. The zero-order valence-corrected chi connectivity index (χ0v) is 12.0. The van der Waals surface area contributed by atoms with Gasteiger partial charge in [0.05, 0.1) is 12.8 Å². The van der Waals surface area contributed by atoms with Gasteiger partial charge in [0.15, 0.2) is 0 Å². The fourth-order valence-electron chi connectivity index (χ4n) is 2.00. The van der Waals surface area contributed by atoms with Crippen LogP contribution in [0.5, 0.6) is 5.75 Å². The molecule has 0 bridgehead atoms. The third-order valence-electron chi connectivity index (χ3n) is 3.04. The van der Waals surface area contributed by atoms with Gasteiger partial charge in [-0.05, 0) is 30.3 Å². The van der Waals surface area contributed by atoms with E-state index >= 15 is 0 Å². The van der Waals surface area contributed by atoms with Gasteiger partial charge >= 0.3 is 12.1 Å². The molecule has 0 radical (unpaired) electrons. The Morgan fingerprint density at radius 3 is 2.45 bits per heavy atom. The van der Waals surface area contributed by atoms with Crippen LogP contribution in [0.15, 0.2) is 36.0 Å². The second-order valence-corrected chi connectivity index (χ2v) is 4.63. The Morgan fingerprint density at radius 2 is 1.95 bits per heavy atom. The molecule has 1 aromatic rings. The number of hydrogen-bond donors (Lipinski definition) is 1. The molecule has 2 rings (SSSR count). The molecule has 0 saturated carbocycles. The number of halogens is 3. The molecule has 1 aliphatic rings. The van der Waals surface area contributed by atoms with E-state index in [2.05, 4.69) is 5.43 Å². The molecule has 1 heterocycles. The van der Waals surface area contributed by atoms with Crippen LogP contribution in [0.3, 0.4) is 0 Å². The summed E-state index contributed by atoms with van der Waals surface area (Å²) < 4.78 is 48.4. The zero-order valence-electron chi connectivity index (χ0n) is 12.0. The van der Waals surface area contributed by atoms with Crippen molar-refractivity contribution in [2.45, 2.75) is 19.1 Å². The van der Waals surface area contributed by atoms with Crippen LogP contribution >= 0.6 is 0 Å². The molecule has 1 N–H and O–H groups in total. The summed E-state index contributed by atoms with van der Waals surface area (Å²) >= 11 is 0. The molecule has 0 aromatic heterocycles. The predicted octanol–water partition coefficient (Wildman–Crippen LogP) is 2.40. The normalized spacial score (nSPS) is 17.8. The molecular formula is C14H15F3N2O3. The molecule has 0 aliphatic carbocycles. The quantitative estimate of drug-likeness (QED) is 0.865. The van der Waals surface area contributed by atoms with E-state index < -0.39 is 23.9 Å². The van der Waals surface area contributed by atoms with Gasteiger partial charge in [-0.1, -0.05) is 0 Å². The Labute approximate surface area is 125 Å². The number of allylic oxidation sites excluding steroid dienone is 1. The average Bonchev–Trinajstić information content (AvgIpc) is 2.89. The topological polar surface area (TPSA) is 50.8 Å². The van der Waals surface area contributed by atoms with Crippen molar-refractivity contribution in [3.05, 3.63) is 36.0 Å². The van der Waals surface area contributed by atoms with Gasteiger partial charge in [0.1, 0.15) is 24.1 Å². The van der Waals surface area contributed by atoms with E-state index in [1.54, 1.807) is 24.3 Å². The second kappa shape index (κ2) is 6.17. The van der Waals surface area contributed by atoms with E-state index in [9.17, 15) is 18.0 Å². The third-order valence-corrected chi connectivity index (χ3v) is 3.04. The average molecular weight is 316 g/mol. The number of benzene rings is 1. The number of rotatable bonds is 4. The molecule has 1 aliphatic heterocycles. The second-order valence-electron chi connectivity index (χ2n) is 4.63. The standard InChI is InChI=1S/C14H15F3N2O3/c1-9(20)22-8-11-7-13(14(15,16)17)18-19(11)10-3-5-12(21-2)6-4-10/h3-7,11,18H,8H2,1-2H3. The number of carbonyl (C=O) groups excluding carboxylic acids is 1. The summed E-state index contributed by atoms with van der Waals surface area (Å²) in [6.45, 7) is 1.02. The lowest BCUT2D eigenvalue weighted by atomic mass is 10.2. The van der Waals surface area contributed by atoms with Crippen LogP contribution in [0.2, 0.25) is 0 Å². The molecule has 5 nitrogen and oxygen atoms in total. The van der Waals surface area contributed by atoms with Crippen LogP contribution in [0.25, 0.3) is 0 Å². The van der Waals surface area contributed by atoms with Crippen molar-refractivity contribution >= 4 is 11.7 Å². The number of hydrogen-bond acceptors (Lipinski definition) is 5. The third kappa shape index (κ3) is 3.63. The summed E-state index contributed by atoms with van der Waals surface area (Å²) in [5, 5.41) is 1.30. The number of esters is 1. The van der Waals surface area contributed by atoms with Gasteiger partial charge in [0.25, 0.3) is 0 Å². The minimum Gasteiger partial charge on any atom is -0.497 e. The Kier molecular flexibility index (Phi) is 4.48. The van der Waals surface area contributed by atoms with Gasteiger partial charge < -0.3 is 9.47 Å².